The van der Waals surface area contributed by atoms with Gasteiger partial charge in [0.2, 0.25) is 15.9 Å². The standard InChI is InChI=1S/C18H21BrN2O3S/c1-12-5-8-16(9-6-12)21(25(4,23)24)14(3)18(22)20-15-7-10-17(19)13(2)11-15/h5-11,14H,1-4H3,(H,20,22)/t14-/m0/s1. The van der Waals surface area contributed by atoms with Crippen molar-refractivity contribution in [3.8, 4) is 0 Å². The average Bonchev–Trinajstić information content (AvgIpc) is 2.51. The lowest BCUT2D eigenvalue weighted by atomic mass is 10.2. The van der Waals surface area contributed by atoms with E-state index >= 15 is 0 Å². The predicted octanol–water partition coefficient (Wildman–Crippen LogP) is 3.86. The van der Waals surface area contributed by atoms with Crippen molar-refractivity contribution in [1.29, 1.82) is 0 Å². The third-order valence-electron chi connectivity index (χ3n) is 3.80. The van der Waals surface area contributed by atoms with Crippen LogP contribution in [0.2, 0.25) is 0 Å². The smallest absolute Gasteiger partial charge is 0.247 e. The number of nitrogens with zero attached hydrogens (tertiary/aromatic N) is 1. The highest BCUT2D eigenvalue weighted by Crippen LogP contribution is 2.23. The Hall–Kier alpha value is -1.86. The van der Waals surface area contributed by atoms with Gasteiger partial charge in [0.05, 0.1) is 11.9 Å². The molecule has 0 aromatic heterocycles. The summed E-state index contributed by atoms with van der Waals surface area (Å²) in [4.78, 5) is 12.6. The Bertz CT molecular complexity index is 880. The number of carbonyl (C=O) groups is 1. The number of hydrogen-bond acceptors (Lipinski definition) is 3. The van der Waals surface area contributed by atoms with E-state index < -0.39 is 22.0 Å². The normalized spacial score (nSPS) is 12.5. The van der Waals surface area contributed by atoms with Crippen LogP contribution in [0.25, 0.3) is 0 Å². The Morgan fingerprint density at radius 3 is 2.24 bits per heavy atom. The maximum absolute atomic E-state index is 12.6. The fourth-order valence-electron chi connectivity index (χ4n) is 2.47. The van der Waals surface area contributed by atoms with Crippen LogP contribution in [0.4, 0.5) is 11.4 Å². The second-order valence-corrected chi connectivity index (χ2v) is 8.74. The van der Waals surface area contributed by atoms with Crippen molar-refractivity contribution in [2.45, 2.75) is 26.8 Å². The molecule has 134 valence electrons. The van der Waals surface area contributed by atoms with Crippen molar-refractivity contribution in [2.75, 3.05) is 15.9 Å². The molecule has 1 atom stereocenters. The van der Waals surface area contributed by atoms with Crippen molar-refractivity contribution < 1.29 is 13.2 Å². The summed E-state index contributed by atoms with van der Waals surface area (Å²) in [5.41, 5.74) is 3.07. The summed E-state index contributed by atoms with van der Waals surface area (Å²) in [5, 5.41) is 2.78. The summed E-state index contributed by atoms with van der Waals surface area (Å²) in [7, 11) is -3.62. The van der Waals surface area contributed by atoms with E-state index in [1.165, 1.54) is 0 Å². The SMILES string of the molecule is Cc1ccc(N([C@@H](C)C(=O)Nc2ccc(Br)c(C)c2)S(C)(=O)=O)cc1. The van der Waals surface area contributed by atoms with Crippen molar-refractivity contribution in [3.05, 3.63) is 58.1 Å². The first-order chi connectivity index (χ1) is 11.6. The molecular formula is C18H21BrN2O3S. The highest BCUT2D eigenvalue weighted by Gasteiger charge is 2.29. The Morgan fingerprint density at radius 1 is 1.12 bits per heavy atom. The van der Waals surface area contributed by atoms with Crippen molar-refractivity contribution >= 4 is 43.2 Å². The van der Waals surface area contributed by atoms with Gasteiger partial charge in [-0.15, -0.1) is 0 Å². The van der Waals surface area contributed by atoms with Gasteiger partial charge in [0.25, 0.3) is 0 Å². The van der Waals surface area contributed by atoms with Gasteiger partial charge in [-0.05, 0) is 56.7 Å². The van der Waals surface area contributed by atoms with Crippen LogP contribution in [-0.2, 0) is 14.8 Å². The molecule has 2 aromatic carbocycles. The van der Waals surface area contributed by atoms with Gasteiger partial charge in [0, 0.05) is 10.2 Å². The van der Waals surface area contributed by atoms with Gasteiger partial charge in [0.15, 0.2) is 0 Å². The van der Waals surface area contributed by atoms with Gasteiger partial charge in [-0.1, -0.05) is 33.6 Å². The monoisotopic (exact) mass is 424 g/mol. The second-order valence-electron chi connectivity index (χ2n) is 6.02. The molecule has 7 heteroatoms. The Balaban J connectivity index is 2.29. The van der Waals surface area contributed by atoms with Crippen LogP contribution in [0.15, 0.2) is 46.9 Å². The first kappa shape index (κ1) is 19.5. The zero-order valence-electron chi connectivity index (χ0n) is 14.6. The minimum absolute atomic E-state index is 0.396. The van der Waals surface area contributed by atoms with Crippen LogP contribution in [-0.4, -0.2) is 26.6 Å². The fraction of sp³-hybridized carbons (Fsp3) is 0.278. The zero-order valence-corrected chi connectivity index (χ0v) is 17.0. The van der Waals surface area contributed by atoms with Crippen LogP contribution in [0.1, 0.15) is 18.1 Å². The van der Waals surface area contributed by atoms with E-state index in [0.29, 0.717) is 11.4 Å². The van der Waals surface area contributed by atoms with Gasteiger partial charge in [-0.3, -0.25) is 9.10 Å². The number of halogens is 1. The lowest BCUT2D eigenvalue weighted by Gasteiger charge is -2.28. The van der Waals surface area contributed by atoms with Crippen LogP contribution in [0, 0.1) is 13.8 Å². The summed E-state index contributed by atoms with van der Waals surface area (Å²) in [5.74, 6) is -0.396. The number of anilines is 2. The molecule has 5 nitrogen and oxygen atoms in total. The van der Waals surface area contributed by atoms with Crippen molar-refractivity contribution in [3.63, 3.8) is 0 Å². The topological polar surface area (TPSA) is 66.5 Å². The third-order valence-corrected chi connectivity index (χ3v) is 5.93. The molecule has 0 aliphatic heterocycles. The molecule has 2 aromatic rings. The number of rotatable bonds is 5. The Kier molecular flexibility index (Phi) is 5.90. The molecule has 2 rings (SSSR count). The van der Waals surface area contributed by atoms with Gasteiger partial charge in [-0.25, -0.2) is 8.42 Å². The summed E-state index contributed by atoms with van der Waals surface area (Å²) >= 11 is 3.41. The maximum atomic E-state index is 12.6. The second kappa shape index (κ2) is 7.58. The number of amides is 1. The number of aryl methyl sites for hydroxylation is 2. The molecule has 0 spiro atoms. The Labute approximate surface area is 157 Å². The fourth-order valence-corrected chi connectivity index (χ4v) is 3.89. The molecule has 0 radical (unpaired) electrons. The minimum atomic E-state index is -3.62. The molecule has 0 heterocycles. The molecule has 0 unspecified atom stereocenters. The summed E-state index contributed by atoms with van der Waals surface area (Å²) in [6.07, 6.45) is 1.10. The quantitative estimate of drug-likeness (QED) is 0.791. The van der Waals surface area contributed by atoms with Crippen LogP contribution < -0.4 is 9.62 Å². The molecule has 0 saturated carbocycles. The zero-order chi connectivity index (χ0) is 18.8. The number of nitrogens with one attached hydrogen (secondary N) is 1. The third kappa shape index (κ3) is 4.83. The summed E-state index contributed by atoms with van der Waals surface area (Å²) in [6, 6.07) is 11.6. The number of carbonyl (C=O) groups excluding carboxylic acids is 1. The molecule has 1 N–H and O–H groups in total. The van der Waals surface area contributed by atoms with Crippen molar-refractivity contribution in [2.24, 2.45) is 0 Å². The summed E-state index contributed by atoms with van der Waals surface area (Å²) in [6.45, 7) is 5.40. The first-order valence-corrected chi connectivity index (χ1v) is 10.4. The summed E-state index contributed by atoms with van der Waals surface area (Å²) < 4.78 is 26.6. The molecule has 0 bridgehead atoms. The largest absolute Gasteiger partial charge is 0.324 e. The molecule has 1 amide bonds. The Morgan fingerprint density at radius 2 is 1.72 bits per heavy atom. The maximum Gasteiger partial charge on any atom is 0.247 e. The van der Waals surface area contributed by atoms with E-state index in [9.17, 15) is 13.2 Å². The first-order valence-electron chi connectivity index (χ1n) is 7.72. The molecule has 0 aliphatic carbocycles. The minimum Gasteiger partial charge on any atom is -0.324 e. The lowest BCUT2D eigenvalue weighted by molar-refractivity contribution is -0.116. The van der Waals surface area contributed by atoms with Crippen molar-refractivity contribution in [1.82, 2.24) is 0 Å². The van der Waals surface area contributed by atoms with E-state index in [4.69, 9.17) is 0 Å². The van der Waals surface area contributed by atoms with E-state index in [0.717, 1.165) is 26.2 Å². The van der Waals surface area contributed by atoms with Crippen LogP contribution in [0.3, 0.4) is 0 Å². The van der Waals surface area contributed by atoms with Gasteiger partial charge >= 0.3 is 0 Å². The van der Waals surface area contributed by atoms with E-state index in [1.54, 1.807) is 25.1 Å². The highest BCUT2D eigenvalue weighted by molar-refractivity contribution is 9.10. The van der Waals surface area contributed by atoms with Gasteiger partial charge < -0.3 is 5.32 Å². The van der Waals surface area contributed by atoms with E-state index in [2.05, 4.69) is 21.2 Å². The van der Waals surface area contributed by atoms with E-state index in [-0.39, 0.29) is 0 Å². The average molecular weight is 425 g/mol. The van der Waals surface area contributed by atoms with Gasteiger partial charge in [0.1, 0.15) is 6.04 Å². The van der Waals surface area contributed by atoms with E-state index in [1.807, 2.05) is 38.1 Å². The van der Waals surface area contributed by atoms with Gasteiger partial charge in [-0.2, -0.15) is 0 Å². The number of sulfonamides is 1. The molecular weight excluding hydrogens is 404 g/mol. The predicted molar refractivity (Wildman–Crippen MR) is 105 cm³/mol. The van der Waals surface area contributed by atoms with Crippen LogP contribution in [0.5, 0.6) is 0 Å². The molecule has 25 heavy (non-hydrogen) atoms. The molecule has 0 saturated heterocycles. The van der Waals surface area contributed by atoms with Crippen LogP contribution >= 0.6 is 15.9 Å². The number of hydrogen-bond donors (Lipinski definition) is 1. The molecule has 0 fully saturated rings. The molecule has 0 aliphatic rings. The lowest BCUT2D eigenvalue weighted by Crippen LogP contribution is -2.45. The number of benzene rings is 2. The highest BCUT2D eigenvalue weighted by atomic mass is 79.9.